The molecule has 0 aliphatic heterocycles. The molecule has 0 aromatic carbocycles. The number of alkyl halides is 1. The Bertz CT molecular complexity index is 132. The molecule has 0 amide bonds. The Kier molecular flexibility index (Phi) is 5.19. The van der Waals surface area contributed by atoms with Crippen LogP contribution in [0.1, 0.15) is 12.8 Å². The molecule has 11 heavy (non-hydrogen) atoms. The molecule has 0 rings (SSSR count). The minimum absolute atomic E-state index is 0.145. The molecule has 4 nitrogen and oxygen atoms in total. The first-order valence-corrected chi connectivity index (χ1v) is 3.98. The predicted molar refractivity (Wildman–Crippen MR) is 38.3 cm³/mol. The SMILES string of the molecule is [NH3+]CC[C@@H](Cl)C[C@H]([NH3+])C(=O)[O-]. The summed E-state index contributed by atoms with van der Waals surface area (Å²) in [4.78, 5) is 10.2. The Morgan fingerprint density at radius 1 is 1.64 bits per heavy atom. The van der Waals surface area contributed by atoms with Crippen molar-refractivity contribution < 1.29 is 21.4 Å². The summed E-state index contributed by atoms with van der Waals surface area (Å²) in [5.41, 5.74) is 7.00. The van der Waals surface area contributed by atoms with E-state index in [1.165, 1.54) is 0 Å². The number of carboxylic acids is 1. The maximum absolute atomic E-state index is 10.2. The van der Waals surface area contributed by atoms with E-state index in [2.05, 4.69) is 11.5 Å². The number of aliphatic carboxylic acids is 1. The first kappa shape index (κ1) is 10.7. The van der Waals surface area contributed by atoms with Crippen molar-refractivity contribution in [3.63, 3.8) is 0 Å². The number of carbonyl (C=O) groups excluding carboxylic acids is 1. The molecule has 0 aliphatic rings. The van der Waals surface area contributed by atoms with Gasteiger partial charge in [-0.05, 0) is 0 Å². The van der Waals surface area contributed by atoms with Crippen molar-refractivity contribution in [1.82, 2.24) is 0 Å². The van der Waals surface area contributed by atoms with Gasteiger partial charge in [-0.25, -0.2) is 0 Å². The van der Waals surface area contributed by atoms with Gasteiger partial charge in [0.2, 0.25) is 0 Å². The minimum atomic E-state index is -1.14. The van der Waals surface area contributed by atoms with Crippen molar-refractivity contribution in [3.8, 4) is 0 Å². The maximum Gasteiger partial charge on any atom is 0.126 e. The summed E-state index contributed by atoms with van der Waals surface area (Å²) in [6.07, 6.45) is 1.08. The van der Waals surface area contributed by atoms with Gasteiger partial charge in [0.1, 0.15) is 6.04 Å². The standard InChI is InChI=1S/C6H13ClN2O2/c7-4(1-2-8)3-5(9)6(10)11/h4-5H,1-3,8-9H2,(H,10,11)/p+1/t4-,5+/m1/s1. The summed E-state index contributed by atoms with van der Waals surface area (Å²) < 4.78 is 0. The number of carbonyl (C=O) groups is 1. The maximum atomic E-state index is 10.2. The van der Waals surface area contributed by atoms with E-state index >= 15 is 0 Å². The molecule has 0 bridgehead atoms. The van der Waals surface area contributed by atoms with Crippen LogP contribution in [0.3, 0.4) is 0 Å². The molecule has 6 N–H and O–H groups in total. The average molecular weight is 182 g/mol. The third-order valence-electron chi connectivity index (χ3n) is 1.39. The molecule has 0 spiro atoms. The van der Waals surface area contributed by atoms with Crippen LogP contribution in [0, 0.1) is 0 Å². The molecule has 66 valence electrons. The molecular formula is C6H14ClN2O2+. The zero-order valence-corrected chi connectivity index (χ0v) is 7.14. The first-order valence-electron chi connectivity index (χ1n) is 3.55. The fourth-order valence-electron chi connectivity index (χ4n) is 0.744. The Balaban J connectivity index is 3.56. The van der Waals surface area contributed by atoms with E-state index in [4.69, 9.17) is 11.6 Å². The van der Waals surface area contributed by atoms with Crippen LogP contribution in [-0.2, 0) is 4.79 Å². The summed E-state index contributed by atoms with van der Waals surface area (Å²) in [7, 11) is 0. The third kappa shape index (κ3) is 5.01. The first-order chi connectivity index (χ1) is 5.07. The van der Waals surface area contributed by atoms with Gasteiger partial charge in [0.25, 0.3) is 0 Å². The summed E-state index contributed by atoms with van der Waals surface area (Å²) in [6.45, 7) is 0.716. The smallest absolute Gasteiger partial charge is 0.126 e. The lowest BCUT2D eigenvalue weighted by Crippen LogP contribution is -2.69. The Hall–Kier alpha value is -0.320. The fraction of sp³-hybridized carbons (Fsp3) is 0.833. The molecule has 2 atom stereocenters. The second kappa shape index (κ2) is 5.35. The summed E-state index contributed by atoms with van der Waals surface area (Å²) >= 11 is 5.75. The summed E-state index contributed by atoms with van der Waals surface area (Å²) in [5.74, 6) is -1.14. The van der Waals surface area contributed by atoms with Crippen LogP contribution in [0.2, 0.25) is 0 Å². The molecule has 0 saturated carbocycles. The van der Waals surface area contributed by atoms with Crippen LogP contribution in [0.15, 0.2) is 0 Å². The lowest BCUT2D eigenvalue weighted by atomic mass is 10.1. The quantitative estimate of drug-likeness (QED) is 0.442. The Morgan fingerprint density at radius 2 is 2.18 bits per heavy atom. The zero-order chi connectivity index (χ0) is 8.85. The van der Waals surface area contributed by atoms with Crippen molar-refractivity contribution in [2.45, 2.75) is 24.3 Å². The highest BCUT2D eigenvalue weighted by atomic mass is 35.5. The Labute approximate surface area is 70.5 Å². The average Bonchev–Trinajstić information content (AvgIpc) is 1.87. The van der Waals surface area contributed by atoms with Gasteiger partial charge < -0.3 is 21.4 Å². The second-order valence-corrected chi connectivity index (χ2v) is 3.11. The topological polar surface area (TPSA) is 95.4 Å². The van der Waals surface area contributed by atoms with Gasteiger partial charge >= 0.3 is 0 Å². The van der Waals surface area contributed by atoms with Crippen LogP contribution < -0.4 is 16.6 Å². The van der Waals surface area contributed by atoms with Crippen molar-refractivity contribution >= 4 is 17.6 Å². The van der Waals surface area contributed by atoms with Gasteiger partial charge in [-0.3, -0.25) is 0 Å². The lowest BCUT2D eigenvalue weighted by molar-refractivity contribution is -0.438. The van der Waals surface area contributed by atoms with Gasteiger partial charge in [-0.2, -0.15) is 0 Å². The van der Waals surface area contributed by atoms with E-state index in [0.717, 1.165) is 6.42 Å². The van der Waals surface area contributed by atoms with Crippen LogP contribution in [0.5, 0.6) is 0 Å². The van der Waals surface area contributed by atoms with Gasteiger partial charge in [-0.1, -0.05) is 0 Å². The number of halogens is 1. The van der Waals surface area contributed by atoms with Gasteiger partial charge in [0.15, 0.2) is 0 Å². The van der Waals surface area contributed by atoms with E-state index in [0.29, 0.717) is 13.0 Å². The minimum Gasteiger partial charge on any atom is -0.544 e. The highest BCUT2D eigenvalue weighted by Crippen LogP contribution is 2.06. The number of hydrogen-bond donors (Lipinski definition) is 2. The number of carboxylic acid groups (broad SMARTS) is 1. The van der Waals surface area contributed by atoms with E-state index < -0.39 is 12.0 Å². The molecule has 5 heteroatoms. The molecule has 0 unspecified atom stereocenters. The largest absolute Gasteiger partial charge is 0.544 e. The summed E-state index contributed by atoms with van der Waals surface area (Å²) in [5, 5.41) is 10.0. The number of quaternary nitrogens is 2. The van der Waals surface area contributed by atoms with E-state index in [-0.39, 0.29) is 5.38 Å². The molecule has 0 saturated heterocycles. The van der Waals surface area contributed by atoms with Crippen molar-refractivity contribution in [1.29, 1.82) is 0 Å². The summed E-state index contributed by atoms with van der Waals surface area (Å²) in [6, 6.07) is -0.705. The molecule has 0 aromatic rings. The monoisotopic (exact) mass is 181 g/mol. The molecule has 0 fully saturated rings. The van der Waals surface area contributed by atoms with Crippen molar-refractivity contribution in [2.24, 2.45) is 0 Å². The van der Waals surface area contributed by atoms with E-state index in [9.17, 15) is 9.90 Å². The van der Waals surface area contributed by atoms with Gasteiger partial charge in [0.05, 0.1) is 12.5 Å². The lowest BCUT2D eigenvalue weighted by Gasteiger charge is -2.11. The third-order valence-corrected chi connectivity index (χ3v) is 1.79. The number of hydrogen-bond acceptors (Lipinski definition) is 2. The molecular weight excluding hydrogens is 168 g/mol. The van der Waals surface area contributed by atoms with Crippen LogP contribution in [-0.4, -0.2) is 23.9 Å². The van der Waals surface area contributed by atoms with E-state index in [1.807, 2.05) is 0 Å². The van der Waals surface area contributed by atoms with Crippen molar-refractivity contribution in [3.05, 3.63) is 0 Å². The predicted octanol–water partition coefficient (Wildman–Crippen LogP) is -3.02. The Morgan fingerprint density at radius 3 is 2.55 bits per heavy atom. The van der Waals surface area contributed by atoms with Crippen LogP contribution in [0.4, 0.5) is 0 Å². The number of rotatable bonds is 5. The van der Waals surface area contributed by atoms with Crippen molar-refractivity contribution in [2.75, 3.05) is 6.54 Å². The highest BCUT2D eigenvalue weighted by molar-refractivity contribution is 6.20. The van der Waals surface area contributed by atoms with Crippen LogP contribution >= 0.6 is 11.6 Å². The van der Waals surface area contributed by atoms with Gasteiger partial charge in [-0.15, -0.1) is 11.6 Å². The van der Waals surface area contributed by atoms with E-state index in [1.54, 1.807) is 0 Å². The molecule has 0 radical (unpaired) electrons. The molecule has 0 aromatic heterocycles. The normalized spacial score (nSPS) is 15.9. The molecule has 0 aliphatic carbocycles. The zero-order valence-electron chi connectivity index (χ0n) is 6.38. The molecule has 0 heterocycles. The fourth-order valence-corrected chi connectivity index (χ4v) is 1.11. The van der Waals surface area contributed by atoms with Crippen LogP contribution in [0.25, 0.3) is 0 Å². The van der Waals surface area contributed by atoms with Gasteiger partial charge in [0, 0.05) is 18.2 Å². The highest BCUT2D eigenvalue weighted by Gasteiger charge is 2.14. The second-order valence-electron chi connectivity index (χ2n) is 2.49.